The van der Waals surface area contributed by atoms with Crippen LogP contribution in [0.1, 0.15) is 38.5 Å². The fourth-order valence-corrected chi connectivity index (χ4v) is 3.79. The van der Waals surface area contributed by atoms with Crippen LogP contribution in [0.2, 0.25) is 0 Å². The van der Waals surface area contributed by atoms with Crippen molar-refractivity contribution in [2.75, 3.05) is 32.7 Å². The van der Waals surface area contributed by atoms with Crippen LogP contribution in [0.15, 0.2) is 0 Å². The van der Waals surface area contributed by atoms with Crippen molar-refractivity contribution in [2.24, 2.45) is 5.41 Å². The molecule has 18 heavy (non-hydrogen) atoms. The molecule has 3 fully saturated rings. The maximum absolute atomic E-state index is 10.9. The van der Waals surface area contributed by atoms with Gasteiger partial charge in [0.1, 0.15) is 0 Å². The molecule has 0 radical (unpaired) electrons. The average molecular weight is 252 g/mol. The van der Waals surface area contributed by atoms with Crippen LogP contribution in [0.25, 0.3) is 0 Å². The Bertz CT molecular complexity index is 328. The summed E-state index contributed by atoms with van der Waals surface area (Å²) < 4.78 is 0. The van der Waals surface area contributed by atoms with Crippen LogP contribution >= 0.6 is 0 Å². The van der Waals surface area contributed by atoms with Gasteiger partial charge in [-0.2, -0.15) is 0 Å². The van der Waals surface area contributed by atoms with E-state index in [1.54, 1.807) is 0 Å². The molecular weight excluding hydrogens is 228 g/mol. The van der Waals surface area contributed by atoms with E-state index >= 15 is 0 Å². The Morgan fingerprint density at radius 2 is 2.00 bits per heavy atom. The second-order valence-corrected chi connectivity index (χ2v) is 6.49. The number of hydrogen-bond acceptors (Lipinski definition) is 3. The van der Waals surface area contributed by atoms with Crippen LogP contribution in [0, 0.1) is 5.41 Å². The van der Waals surface area contributed by atoms with E-state index < -0.39 is 5.97 Å². The van der Waals surface area contributed by atoms with Crippen LogP contribution in [0.5, 0.6) is 0 Å². The molecule has 1 unspecified atom stereocenters. The number of carbonyl (C=O) groups is 1. The Morgan fingerprint density at radius 1 is 1.22 bits per heavy atom. The molecule has 4 heteroatoms. The van der Waals surface area contributed by atoms with Crippen molar-refractivity contribution in [3.05, 3.63) is 0 Å². The summed E-state index contributed by atoms with van der Waals surface area (Å²) in [7, 11) is 0. The number of hydrogen-bond donors (Lipinski definition) is 1. The molecule has 3 rings (SSSR count). The van der Waals surface area contributed by atoms with Crippen LogP contribution in [0.3, 0.4) is 0 Å². The van der Waals surface area contributed by atoms with Crippen LogP contribution in [0.4, 0.5) is 0 Å². The van der Waals surface area contributed by atoms with E-state index in [2.05, 4.69) is 9.80 Å². The first-order valence-electron chi connectivity index (χ1n) is 7.35. The summed E-state index contributed by atoms with van der Waals surface area (Å²) in [5.41, 5.74) is 0.125. The largest absolute Gasteiger partial charge is 0.481 e. The molecule has 0 amide bonds. The Morgan fingerprint density at radius 3 is 2.72 bits per heavy atom. The zero-order valence-corrected chi connectivity index (χ0v) is 11.1. The van der Waals surface area contributed by atoms with Gasteiger partial charge in [-0.05, 0) is 57.2 Å². The fourth-order valence-electron chi connectivity index (χ4n) is 3.79. The number of nitrogens with zero attached hydrogens (tertiary/aromatic N) is 2. The highest BCUT2D eigenvalue weighted by atomic mass is 16.4. The van der Waals surface area contributed by atoms with Crippen molar-refractivity contribution in [1.82, 2.24) is 9.80 Å². The Labute approximate surface area is 109 Å². The lowest BCUT2D eigenvalue weighted by atomic mass is 10.0. The molecule has 4 nitrogen and oxygen atoms in total. The number of carboxylic acids is 1. The van der Waals surface area contributed by atoms with E-state index in [0.29, 0.717) is 6.42 Å². The van der Waals surface area contributed by atoms with Gasteiger partial charge in [0.25, 0.3) is 0 Å². The van der Waals surface area contributed by atoms with E-state index in [4.69, 9.17) is 5.11 Å². The van der Waals surface area contributed by atoms with Crippen molar-refractivity contribution in [1.29, 1.82) is 0 Å². The molecule has 0 aromatic carbocycles. The standard InChI is InChI=1S/C14H24N2O2/c17-13(18)9-14(4-5-14)11-15-6-2-8-16-7-1-3-12(16)10-15/h12H,1-11H2,(H,17,18). The molecule has 1 N–H and O–H groups in total. The molecular formula is C14H24N2O2. The molecule has 0 spiro atoms. The van der Waals surface area contributed by atoms with E-state index in [1.807, 2.05) is 0 Å². The maximum atomic E-state index is 10.9. The topological polar surface area (TPSA) is 43.8 Å². The van der Waals surface area contributed by atoms with Gasteiger partial charge in [0.2, 0.25) is 0 Å². The zero-order valence-electron chi connectivity index (χ0n) is 11.1. The molecule has 2 heterocycles. The molecule has 0 aromatic heterocycles. The zero-order chi connectivity index (χ0) is 12.6. The van der Waals surface area contributed by atoms with E-state index in [9.17, 15) is 4.79 Å². The molecule has 102 valence electrons. The Hall–Kier alpha value is -0.610. The first-order chi connectivity index (χ1) is 8.67. The third-order valence-corrected chi connectivity index (χ3v) is 4.93. The normalized spacial score (nSPS) is 31.9. The second-order valence-electron chi connectivity index (χ2n) is 6.49. The number of aliphatic carboxylic acids is 1. The lowest BCUT2D eigenvalue weighted by Gasteiger charge is -2.28. The maximum Gasteiger partial charge on any atom is 0.303 e. The quantitative estimate of drug-likeness (QED) is 0.821. The Kier molecular flexibility index (Phi) is 3.32. The number of rotatable bonds is 4. The second kappa shape index (κ2) is 4.82. The molecule has 3 aliphatic rings. The van der Waals surface area contributed by atoms with Gasteiger partial charge in [-0.1, -0.05) is 0 Å². The molecule has 1 aliphatic carbocycles. The summed E-state index contributed by atoms with van der Waals surface area (Å²) in [5, 5.41) is 9.00. The van der Waals surface area contributed by atoms with Crippen LogP contribution in [-0.2, 0) is 4.79 Å². The summed E-state index contributed by atoms with van der Waals surface area (Å²) in [6.07, 6.45) is 6.53. The summed E-state index contributed by atoms with van der Waals surface area (Å²) in [6, 6.07) is 0.744. The van der Waals surface area contributed by atoms with Crippen molar-refractivity contribution >= 4 is 5.97 Å². The first-order valence-corrected chi connectivity index (χ1v) is 7.35. The van der Waals surface area contributed by atoms with E-state index in [0.717, 1.165) is 32.0 Å². The van der Waals surface area contributed by atoms with Gasteiger partial charge in [-0.3, -0.25) is 9.69 Å². The third kappa shape index (κ3) is 2.69. The van der Waals surface area contributed by atoms with Gasteiger partial charge < -0.3 is 10.0 Å². The molecule has 2 aliphatic heterocycles. The number of fused-ring (bicyclic) bond motifs is 1. The predicted octanol–water partition coefficient (Wildman–Crippen LogP) is 1.41. The highest BCUT2D eigenvalue weighted by Gasteiger charge is 2.46. The van der Waals surface area contributed by atoms with Gasteiger partial charge in [0.05, 0.1) is 6.42 Å². The van der Waals surface area contributed by atoms with Crippen molar-refractivity contribution in [3.8, 4) is 0 Å². The van der Waals surface area contributed by atoms with Gasteiger partial charge in [-0.25, -0.2) is 0 Å². The lowest BCUT2D eigenvalue weighted by Crippen LogP contribution is -2.39. The number of carboxylic acid groups (broad SMARTS) is 1. The third-order valence-electron chi connectivity index (χ3n) is 4.93. The minimum atomic E-state index is -0.621. The van der Waals surface area contributed by atoms with Crippen LogP contribution in [-0.4, -0.2) is 59.6 Å². The highest BCUT2D eigenvalue weighted by molar-refractivity contribution is 5.68. The fraction of sp³-hybridized carbons (Fsp3) is 0.929. The Balaban J connectivity index is 1.57. The average Bonchev–Trinajstić information content (AvgIpc) is 2.95. The van der Waals surface area contributed by atoms with Gasteiger partial charge in [0, 0.05) is 19.1 Å². The minimum absolute atomic E-state index is 0.125. The highest BCUT2D eigenvalue weighted by Crippen LogP contribution is 2.49. The van der Waals surface area contributed by atoms with Crippen molar-refractivity contribution in [2.45, 2.75) is 44.6 Å². The lowest BCUT2D eigenvalue weighted by molar-refractivity contribution is -0.138. The monoisotopic (exact) mass is 252 g/mol. The summed E-state index contributed by atoms with van der Waals surface area (Å²) in [4.78, 5) is 16.1. The molecule has 1 atom stereocenters. The van der Waals surface area contributed by atoms with E-state index in [-0.39, 0.29) is 5.41 Å². The van der Waals surface area contributed by atoms with Crippen molar-refractivity contribution < 1.29 is 9.90 Å². The molecule has 0 aromatic rings. The van der Waals surface area contributed by atoms with E-state index in [1.165, 1.54) is 38.9 Å². The smallest absolute Gasteiger partial charge is 0.303 e. The molecule has 2 saturated heterocycles. The predicted molar refractivity (Wildman–Crippen MR) is 69.6 cm³/mol. The van der Waals surface area contributed by atoms with Gasteiger partial charge >= 0.3 is 5.97 Å². The summed E-state index contributed by atoms with van der Waals surface area (Å²) in [6.45, 7) is 5.87. The van der Waals surface area contributed by atoms with Crippen molar-refractivity contribution in [3.63, 3.8) is 0 Å². The summed E-state index contributed by atoms with van der Waals surface area (Å²) >= 11 is 0. The molecule has 1 saturated carbocycles. The van der Waals surface area contributed by atoms with Gasteiger partial charge in [-0.15, -0.1) is 0 Å². The van der Waals surface area contributed by atoms with Crippen LogP contribution < -0.4 is 0 Å². The SMILES string of the molecule is O=C(O)CC1(CN2CCCN3CCCC3C2)CC1. The molecule has 0 bridgehead atoms. The first kappa shape index (κ1) is 12.4. The summed E-state index contributed by atoms with van der Waals surface area (Å²) in [5.74, 6) is -0.621. The minimum Gasteiger partial charge on any atom is -0.481 e. The van der Waals surface area contributed by atoms with Gasteiger partial charge in [0.15, 0.2) is 0 Å².